The maximum absolute atomic E-state index is 12.4. The van der Waals surface area contributed by atoms with Crippen LogP contribution in [0.3, 0.4) is 0 Å². The molecule has 23 heavy (non-hydrogen) atoms. The van der Waals surface area contributed by atoms with Gasteiger partial charge in [-0.3, -0.25) is 4.79 Å². The number of aryl methyl sites for hydroxylation is 2. The number of amides is 1. The highest BCUT2D eigenvalue weighted by Crippen LogP contribution is 2.13. The van der Waals surface area contributed by atoms with Gasteiger partial charge in [0.25, 0.3) is 5.91 Å². The van der Waals surface area contributed by atoms with Gasteiger partial charge in [0.15, 0.2) is 0 Å². The van der Waals surface area contributed by atoms with E-state index in [-0.39, 0.29) is 11.9 Å². The van der Waals surface area contributed by atoms with Crippen molar-refractivity contribution in [1.29, 1.82) is 0 Å². The van der Waals surface area contributed by atoms with E-state index in [1.165, 1.54) is 5.56 Å². The molecule has 122 valence electrons. The predicted octanol–water partition coefficient (Wildman–Crippen LogP) is 3.81. The highest BCUT2D eigenvalue weighted by molar-refractivity contribution is 6.03. The third-order valence-electron chi connectivity index (χ3n) is 3.69. The molecule has 0 bridgehead atoms. The summed E-state index contributed by atoms with van der Waals surface area (Å²) in [5.74, 6) is 0.262. The van der Waals surface area contributed by atoms with Crippen LogP contribution in [0.15, 0.2) is 30.3 Å². The van der Waals surface area contributed by atoms with E-state index in [1.807, 2.05) is 31.2 Å². The van der Waals surface area contributed by atoms with E-state index in [1.54, 1.807) is 6.07 Å². The molecule has 2 N–H and O–H groups in total. The fourth-order valence-electron chi connectivity index (χ4n) is 2.09. The van der Waals surface area contributed by atoms with E-state index in [2.05, 4.69) is 41.4 Å². The van der Waals surface area contributed by atoms with E-state index in [4.69, 9.17) is 0 Å². The topological polar surface area (TPSA) is 66.9 Å². The van der Waals surface area contributed by atoms with Gasteiger partial charge in [0, 0.05) is 17.4 Å². The average molecular weight is 312 g/mol. The Morgan fingerprint density at radius 3 is 2.48 bits per heavy atom. The molecule has 0 saturated carbocycles. The number of nitrogens with one attached hydrogen (secondary N) is 2. The number of hydrogen-bond donors (Lipinski definition) is 2. The first-order chi connectivity index (χ1) is 11.0. The van der Waals surface area contributed by atoms with Gasteiger partial charge in [-0.05, 0) is 50.5 Å². The first-order valence-electron chi connectivity index (χ1n) is 8.04. The zero-order chi connectivity index (χ0) is 16.8. The summed E-state index contributed by atoms with van der Waals surface area (Å²) < 4.78 is 0. The summed E-state index contributed by atoms with van der Waals surface area (Å²) in [7, 11) is 0. The fourth-order valence-corrected chi connectivity index (χ4v) is 2.09. The van der Waals surface area contributed by atoms with Crippen LogP contribution in [0.5, 0.6) is 0 Å². The summed E-state index contributed by atoms with van der Waals surface area (Å²) in [6, 6.07) is 9.78. The van der Waals surface area contributed by atoms with Gasteiger partial charge in [-0.25, -0.2) is 9.97 Å². The van der Waals surface area contributed by atoms with Gasteiger partial charge in [-0.15, -0.1) is 0 Å². The molecule has 2 rings (SSSR count). The van der Waals surface area contributed by atoms with Crippen LogP contribution in [0.4, 0.5) is 11.6 Å². The molecule has 1 atom stereocenters. The van der Waals surface area contributed by atoms with E-state index in [0.717, 1.165) is 24.2 Å². The molecule has 5 nitrogen and oxygen atoms in total. The lowest BCUT2D eigenvalue weighted by molar-refractivity contribution is 0.102. The average Bonchev–Trinajstić information content (AvgIpc) is 2.54. The van der Waals surface area contributed by atoms with Crippen molar-refractivity contribution in [1.82, 2.24) is 9.97 Å². The Morgan fingerprint density at radius 1 is 1.17 bits per heavy atom. The van der Waals surface area contributed by atoms with Crippen molar-refractivity contribution in [2.24, 2.45) is 0 Å². The number of carbonyl (C=O) groups is 1. The summed E-state index contributed by atoms with van der Waals surface area (Å²) >= 11 is 0. The number of anilines is 2. The fraction of sp³-hybridized carbons (Fsp3) is 0.389. The Hall–Kier alpha value is -2.43. The molecule has 0 radical (unpaired) electrons. The highest BCUT2D eigenvalue weighted by Gasteiger charge is 2.12. The zero-order valence-electron chi connectivity index (χ0n) is 14.2. The summed E-state index contributed by atoms with van der Waals surface area (Å²) in [5.41, 5.74) is 3.13. The smallest absolute Gasteiger partial charge is 0.274 e. The molecule has 2 aromatic rings. The lowest BCUT2D eigenvalue weighted by Gasteiger charge is -2.13. The van der Waals surface area contributed by atoms with Crippen LogP contribution in [0.1, 0.15) is 48.9 Å². The van der Waals surface area contributed by atoms with Crippen LogP contribution in [0.2, 0.25) is 0 Å². The highest BCUT2D eigenvalue weighted by atomic mass is 16.1. The van der Waals surface area contributed by atoms with Crippen LogP contribution < -0.4 is 10.6 Å². The molecule has 1 aromatic heterocycles. The SMILES string of the molecule is CCc1ccc(NC(=O)c2cc(C)nc(NC(C)CC)n2)cc1. The second kappa shape index (κ2) is 7.72. The van der Waals surface area contributed by atoms with E-state index in [0.29, 0.717) is 11.6 Å². The molecule has 0 spiro atoms. The molecule has 0 saturated heterocycles. The molecule has 1 unspecified atom stereocenters. The first kappa shape index (κ1) is 16.9. The van der Waals surface area contributed by atoms with Crippen LogP contribution in [-0.2, 0) is 6.42 Å². The number of nitrogens with zero attached hydrogens (tertiary/aromatic N) is 2. The largest absolute Gasteiger partial charge is 0.352 e. The van der Waals surface area contributed by atoms with Gasteiger partial charge >= 0.3 is 0 Å². The second-order valence-electron chi connectivity index (χ2n) is 5.68. The van der Waals surface area contributed by atoms with Crippen LogP contribution in [0.25, 0.3) is 0 Å². The van der Waals surface area contributed by atoms with E-state index >= 15 is 0 Å². The first-order valence-corrected chi connectivity index (χ1v) is 8.04. The molecule has 0 aliphatic carbocycles. The van der Waals surface area contributed by atoms with Gasteiger partial charge in [0.2, 0.25) is 5.95 Å². The molecule has 0 fully saturated rings. The number of carbonyl (C=O) groups excluding carboxylic acids is 1. The molecule has 1 amide bonds. The second-order valence-corrected chi connectivity index (χ2v) is 5.68. The zero-order valence-corrected chi connectivity index (χ0v) is 14.2. The van der Waals surface area contributed by atoms with Crippen LogP contribution >= 0.6 is 0 Å². The van der Waals surface area contributed by atoms with Crippen molar-refractivity contribution in [2.45, 2.75) is 46.6 Å². The van der Waals surface area contributed by atoms with Crippen molar-refractivity contribution in [2.75, 3.05) is 10.6 Å². The minimum Gasteiger partial charge on any atom is -0.352 e. The number of aromatic nitrogens is 2. The minimum absolute atomic E-state index is 0.230. The van der Waals surface area contributed by atoms with E-state index < -0.39 is 0 Å². The number of rotatable bonds is 6. The summed E-state index contributed by atoms with van der Waals surface area (Å²) in [6.07, 6.45) is 1.94. The molecule has 1 aromatic carbocycles. The maximum atomic E-state index is 12.4. The Bertz CT molecular complexity index is 667. The molecule has 5 heteroatoms. The summed E-state index contributed by atoms with van der Waals surface area (Å²) in [5, 5.41) is 6.08. The predicted molar refractivity (Wildman–Crippen MR) is 93.9 cm³/mol. The summed E-state index contributed by atoms with van der Waals surface area (Å²) in [6.45, 7) is 8.10. The van der Waals surface area contributed by atoms with Gasteiger partial charge in [-0.1, -0.05) is 26.0 Å². The van der Waals surface area contributed by atoms with Crippen molar-refractivity contribution in [3.05, 3.63) is 47.3 Å². The third kappa shape index (κ3) is 4.77. The molecular formula is C18H24N4O. The Labute approximate surface area is 137 Å². The van der Waals surface area contributed by atoms with Crippen molar-refractivity contribution >= 4 is 17.5 Å². The third-order valence-corrected chi connectivity index (χ3v) is 3.69. The molecule has 0 aliphatic heterocycles. The standard InChI is InChI=1S/C18H24N4O/c1-5-12(3)19-18-20-13(4)11-16(22-18)17(23)21-15-9-7-14(6-2)8-10-15/h7-12H,5-6H2,1-4H3,(H,21,23)(H,19,20,22). The Morgan fingerprint density at radius 2 is 1.87 bits per heavy atom. The van der Waals surface area contributed by atoms with Crippen LogP contribution in [0, 0.1) is 6.92 Å². The normalized spacial score (nSPS) is 11.8. The monoisotopic (exact) mass is 312 g/mol. The molecule has 1 heterocycles. The number of benzene rings is 1. The Balaban J connectivity index is 2.14. The molecule has 0 aliphatic rings. The number of hydrogen-bond acceptors (Lipinski definition) is 4. The van der Waals surface area contributed by atoms with Crippen molar-refractivity contribution < 1.29 is 4.79 Å². The lowest BCUT2D eigenvalue weighted by atomic mass is 10.1. The summed E-state index contributed by atoms with van der Waals surface area (Å²) in [4.78, 5) is 21.0. The minimum atomic E-state index is -0.230. The van der Waals surface area contributed by atoms with Crippen molar-refractivity contribution in [3.63, 3.8) is 0 Å². The van der Waals surface area contributed by atoms with Gasteiger partial charge < -0.3 is 10.6 Å². The van der Waals surface area contributed by atoms with Crippen LogP contribution in [-0.4, -0.2) is 21.9 Å². The van der Waals surface area contributed by atoms with Gasteiger partial charge in [0.05, 0.1) is 0 Å². The van der Waals surface area contributed by atoms with Gasteiger partial charge in [-0.2, -0.15) is 0 Å². The molecular weight excluding hydrogens is 288 g/mol. The van der Waals surface area contributed by atoms with E-state index in [9.17, 15) is 4.79 Å². The Kier molecular flexibility index (Phi) is 5.68. The van der Waals surface area contributed by atoms with Gasteiger partial charge in [0.1, 0.15) is 5.69 Å². The maximum Gasteiger partial charge on any atom is 0.274 e. The lowest BCUT2D eigenvalue weighted by Crippen LogP contribution is -2.19. The quantitative estimate of drug-likeness (QED) is 0.851. The van der Waals surface area contributed by atoms with Crippen molar-refractivity contribution in [3.8, 4) is 0 Å².